The van der Waals surface area contributed by atoms with Gasteiger partial charge in [-0.25, -0.2) is 0 Å². The van der Waals surface area contributed by atoms with Crippen LogP contribution in [0.25, 0.3) is 0 Å². The van der Waals surface area contributed by atoms with Crippen LogP contribution < -0.4 is 5.32 Å². The average molecular weight is 229 g/mol. The van der Waals surface area contributed by atoms with Gasteiger partial charge in [0.25, 0.3) is 0 Å². The molecule has 0 aliphatic heterocycles. The minimum atomic E-state index is -0.122. The van der Waals surface area contributed by atoms with Crippen LogP contribution in [0.15, 0.2) is 30.3 Å². The Labute approximate surface area is 103 Å². The summed E-state index contributed by atoms with van der Waals surface area (Å²) in [6.07, 6.45) is 8.42. The van der Waals surface area contributed by atoms with Crippen LogP contribution in [0, 0.1) is 12.3 Å². The summed E-state index contributed by atoms with van der Waals surface area (Å²) in [5.74, 6) is 2.63. The smallest absolute Gasteiger partial charge is 0.221 e. The van der Waals surface area contributed by atoms with Crippen LogP contribution in [-0.4, -0.2) is 11.9 Å². The van der Waals surface area contributed by atoms with E-state index >= 15 is 0 Å². The number of aryl methyl sites for hydroxylation is 1. The van der Waals surface area contributed by atoms with Crippen LogP contribution in [0.2, 0.25) is 0 Å². The van der Waals surface area contributed by atoms with E-state index in [0.717, 1.165) is 19.3 Å². The van der Waals surface area contributed by atoms with Crippen molar-refractivity contribution in [2.75, 3.05) is 0 Å². The highest BCUT2D eigenvalue weighted by atomic mass is 16.1. The second-order valence-electron chi connectivity index (χ2n) is 4.06. The Morgan fingerprint density at radius 2 is 2.12 bits per heavy atom. The van der Waals surface area contributed by atoms with Crippen molar-refractivity contribution in [2.24, 2.45) is 0 Å². The molecule has 1 N–H and O–H groups in total. The summed E-state index contributed by atoms with van der Waals surface area (Å²) >= 11 is 0. The van der Waals surface area contributed by atoms with Crippen molar-refractivity contribution in [1.29, 1.82) is 0 Å². The molecule has 0 spiro atoms. The molecule has 1 amide bonds. The van der Waals surface area contributed by atoms with E-state index < -0.39 is 0 Å². The third kappa shape index (κ3) is 5.21. The Kier molecular flexibility index (Phi) is 5.88. The van der Waals surface area contributed by atoms with Crippen molar-refractivity contribution in [2.45, 2.75) is 38.6 Å². The van der Waals surface area contributed by atoms with Crippen LogP contribution in [0.1, 0.15) is 31.7 Å². The molecule has 0 saturated carbocycles. The average Bonchev–Trinajstić information content (AvgIpc) is 2.37. The molecule has 1 unspecified atom stereocenters. The topological polar surface area (TPSA) is 29.1 Å². The summed E-state index contributed by atoms with van der Waals surface area (Å²) in [6, 6.07) is 9.86. The van der Waals surface area contributed by atoms with Crippen LogP contribution >= 0.6 is 0 Å². The van der Waals surface area contributed by atoms with Gasteiger partial charge in [0, 0.05) is 6.42 Å². The molecule has 2 heteroatoms. The van der Waals surface area contributed by atoms with Gasteiger partial charge >= 0.3 is 0 Å². The van der Waals surface area contributed by atoms with Gasteiger partial charge in [0.2, 0.25) is 5.91 Å². The first-order valence-corrected chi connectivity index (χ1v) is 6.05. The van der Waals surface area contributed by atoms with Gasteiger partial charge in [-0.2, -0.15) is 0 Å². The predicted octanol–water partition coefficient (Wildman–Crippen LogP) is 2.54. The largest absolute Gasteiger partial charge is 0.342 e. The van der Waals surface area contributed by atoms with E-state index in [4.69, 9.17) is 6.42 Å². The van der Waals surface area contributed by atoms with Crippen LogP contribution in [0.5, 0.6) is 0 Å². The molecule has 1 aromatic carbocycles. The summed E-state index contributed by atoms with van der Waals surface area (Å²) in [5, 5.41) is 2.86. The molecule has 2 nitrogen and oxygen atoms in total. The lowest BCUT2D eigenvalue weighted by atomic mass is 10.1. The second-order valence-corrected chi connectivity index (χ2v) is 4.06. The van der Waals surface area contributed by atoms with Gasteiger partial charge in [-0.1, -0.05) is 49.6 Å². The Hall–Kier alpha value is -1.75. The molecule has 17 heavy (non-hydrogen) atoms. The minimum Gasteiger partial charge on any atom is -0.342 e. The maximum absolute atomic E-state index is 11.7. The van der Waals surface area contributed by atoms with E-state index in [2.05, 4.69) is 18.2 Å². The molecule has 1 atom stereocenters. The van der Waals surface area contributed by atoms with Gasteiger partial charge in [-0.15, -0.1) is 6.42 Å². The quantitative estimate of drug-likeness (QED) is 0.746. The summed E-state index contributed by atoms with van der Waals surface area (Å²) in [6.45, 7) is 2.06. The Bertz CT molecular complexity index is 378. The lowest BCUT2D eigenvalue weighted by Gasteiger charge is -2.11. The minimum absolute atomic E-state index is 0.0326. The number of hydrogen-bond donors (Lipinski definition) is 1. The van der Waals surface area contributed by atoms with Crippen molar-refractivity contribution in [3.05, 3.63) is 35.9 Å². The molecule has 0 bridgehead atoms. The number of nitrogens with one attached hydrogen (secondary N) is 1. The van der Waals surface area contributed by atoms with E-state index in [1.165, 1.54) is 5.56 Å². The molecule has 0 fully saturated rings. The van der Waals surface area contributed by atoms with Crippen LogP contribution in [0.3, 0.4) is 0 Å². The fraction of sp³-hybridized carbons (Fsp3) is 0.400. The molecular formula is C15H19NO. The van der Waals surface area contributed by atoms with Gasteiger partial charge in [0.1, 0.15) is 0 Å². The first kappa shape index (κ1) is 13.3. The number of terminal acetylenes is 1. The summed E-state index contributed by atoms with van der Waals surface area (Å²) in [4.78, 5) is 11.7. The third-order valence-electron chi connectivity index (χ3n) is 2.60. The molecule has 90 valence electrons. The van der Waals surface area contributed by atoms with Crippen molar-refractivity contribution < 1.29 is 4.79 Å². The van der Waals surface area contributed by atoms with Gasteiger partial charge < -0.3 is 5.32 Å². The Morgan fingerprint density at radius 1 is 1.41 bits per heavy atom. The maximum atomic E-state index is 11.7. The summed E-state index contributed by atoms with van der Waals surface area (Å²) in [5.41, 5.74) is 1.18. The van der Waals surface area contributed by atoms with E-state index in [-0.39, 0.29) is 11.9 Å². The SMILES string of the molecule is C#CC(CCC)NC(=O)CCc1ccccc1. The predicted molar refractivity (Wildman–Crippen MR) is 70.4 cm³/mol. The van der Waals surface area contributed by atoms with Gasteiger partial charge in [-0.05, 0) is 18.4 Å². The number of amides is 1. The van der Waals surface area contributed by atoms with E-state index in [9.17, 15) is 4.79 Å². The van der Waals surface area contributed by atoms with Crippen LogP contribution in [0.4, 0.5) is 0 Å². The fourth-order valence-electron chi connectivity index (χ4n) is 1.65. The highest BCUT2D eigenvalue weighted by molar-refractivity contribution is 5.76. The van der Waals surface area contributed by atoms with E-state index in [0.29, 0.717) is 6.42 Å². The number of hydrogen-bond acceptors (Lipinski definition) is 1. The summed E-state index contributed by atoms with van der Waals surface area (Å²) in [7, 11) is 0. The monoisotopic (exact) mass is 229 g/mol. The second kappa shape index (κ2) is 7.51. The molecule has 0 saturated heterocycles. The zero-order chi connectivity index (χ0) is 12.5. The number of carbonyl (C=O) groups excluding carboxylic acids is 1. The van der Waals surface area contributed by atoms with Crippen molar-refractivity contribution >= 4 is 5.91 Å². The summed E-state index contributed by atoms with van der Waals surface area (Å²) < 4.78 is 0. The number of benzene rings is 1. The lowest BCUT2D eigenvalue weighted by Crippen LogP contribution is -2.33. The first-order chi connectivity index (χ1) is 8.26. The molecular weight excluding hydrogens is 210 g/mol. The zero-order valence-electron chi connectivity index (χ0n) is 10.3. The molecule has 0 aliphatic rings. The molecule has 1 aromatic rings. The highest BCUT2D eigenvalue weighted by Crippen LogP contribution is 2.03. The van der Waals surface area contributed by atoms with Crippen molar-refractivity contribution in [3.8, 4) is 12.3 Å². The molecule has 1 rings (SSSR count). The van der Waals surface area contributed by atoms with Crippen LogP contribution in [-0.2, 0) is 11.2 Å². The Morgan fingerprint density at radius 3 is 2.71 bits per heavy atom. The maximum Gasteiger partial charge on any atom is 0.221 e. The lowest BCUT2D eigenvalue weighted by molar-refractivity contribution is -0.121. The molecule has 0 aliphatic carbocycles. The fourth-order valence-corrected chi connectivity index (χ4v) is 1.65. The highest BCUT2D eigenvalue weighted by Gasteiger charge is 2.08. The van der Waals surface area contributed by atoms with Crippen molar-refractivity contribution in [3.63, 3.8) is 0 Å². The van der Waals surface area contributed by atoms with Gasteiger partial charge in [0.05, 0.1) is 6.04 Å². The number of carbonyl (C=O) groups is 1. The molecule has 0 heterocycles. The number of rotatable bonds is 6. The molecule has 0 aromatic heterocycles. The third-order valence-corrected chi connectivity index (χ3v) is 2.60. The van der Waals surface area contributed by atoms with E-state index in [1.807, 2.05) is 30.3 Å². The van der Waals surface area contributed by atoms with Gasteiger partial charge in [-0.3, -0.25) is 4.79 Å². The Balaban J connectivity index is 2.33. The molecule has 0 radical (unpaired) electrons. The standard InChI is InChI=1S/C15H19NO/c1-3-8-14(4-2)16-15(17)12-11-13-9-6-5-7-10-13/h2,5-7,9-10,14H,3,8,11-12H2,1H3,(H,16,17). The zero-order valence-corrected chi connectivity index (χ0v) is 10.3. The first-order valence-electron chi connectivity index (χ1n) is 6.05. The normalized spacial score (nSPS) is 11.5. The van der Waals surface area contributed by atoms with E-state index in [1.54, 1.807) is 0 Å². The van der Waals surface area contributed by atoms with Gasteiger partial charge in [0.15, 0.2) is 0 Å². The van der Waals surface area contributed by atoms with Crippen molar-refractivity contribution in [1.82, 2.24) is 5.32 Å².